The monoisotopic (exact) mass is 290 g/mol. The van der Waals surface area contributed by atoms with Gasteiger partial charge in [0.05, 0.1) is 17.9 Å². The lowest BCUT2D eigenvalue weighted by Crippen LogP contribution is -2.13. The average Bonchev–Trinajstić information content (AvgIpc) is 2.85. The van der Waals surface area contributed by atoms with Crippen LogP contribution < -0.4 is 5.32 Å². The van der Waals surface area contributed by atoms with Gasteiger partial charge in [0.1, 0.15) is 12.2 Å². The first kappa shape index (κ1) is 14.9. The Balaban J connectivity index is 1.94. The molecule has 0 aliphatic carbocycles. The molecule has 0 spiro atoms. The molecule has 0 bridgehead atoms. The van der Waals surface area contributed by atoms with E-state index in [1.165, 1.54) is 6.20 Å². The maximum atomic E-state index is 11.6. The number of aryl methyl sites for hydroxylation is 2. The van der Waals surface area contributed by atoms with Crippen molar-refractivity contribution in [1.82, 2.24) is 24.7 Å². The molecule has 0 saturated carbocycles. The van der Waals surface area contributed by atoms with Crippen LogP contribution in [0.3, 0.4) is 0 Å². The largest absolute Gasteiger partial charge is 0.462 e. The smallest absolute Gasteiger partial charge is 0.341 e. The van der Waals surface area contributed by atoms with Crippen LogP contribution in [0.5, 0.6) is 0 Å². The van der Waals surface area contributed by atoms with E-state index >= 15 is 0 Å². The van der Waals surface area contributed by atoms with Crippen LogP contribution in [0.25, 0.3) is 0 Å². The fourth-order valence-electron chi connectivity index (χ4n) is 1.78. The van der Waals surface area contributed by atoms with Crippen LogP contribution in [0.4, 0.5) is 5.95 Å². The highest BCUT2D eigenvalue weighted by atomic mass is 16.5. The summed E-state index contributed by atoms with van der Waals surface area (Å²) >= 11 is 0. The number of nitrogens with zero attached hydrogens (tertiary/aromatic N) is 5. The molecule has 8 heteroatoms. The Labute approximate surface area is 122 Å². The van der Waals surface area contributed by atoms with Gasteiger partial charge in [0, 0.05) is 26.2 Å². The van der Waals surface area contributed by atoms with Gasteiger partial charge in [0.25, 0.3) is 0 Å². The summed E-state index contributed by atoms with van der Waals surface area (Å²) in [5, 5.41) is 10.9. The van der Waals surface area contributed by atoms with Gasteiger partial charge in [-0.25, -0.2) is 14.8 Å². The molecule has 2 rings (SSSR count). The second kappa shape index (κ2) is 6.78. The SMILES string of the molecule is CCOC(=O)c1cnc(NCCc2nncn2C)nc1C. The first-order valence-corrected chi connectivity index (χ1v) is 6.69. The number of nitrogens with one attached hydrogen (secondary N) is 1. The lowest BCUT2D eigenvalue weighted by atomic mass is 10.2. The number of carbonyl (C=O) groups excluding carboxylic acids is 1. The summed E-state index contributed by atoms with van der Waals surface area (Å²) in [6, 6.07) is 0. The Morgan fingerprint density at radius 3 is 2.90 bits per heavy atom. The molecule has 0 atom stereocenters. The highest BCUT2D eigenvalue weighted by molar-refractivity contribution is 5.90. The summed E-state index contributed by atoms with van der Waals surface area (Å²) in [6.07, 6.45) is 3.84. The van der Waals surface area contributed by atoms with Gasteiger partial charge in [-0.2, -0.15) is 0 Å². The van der Waals surface area contributed by atoms with E-state index in [4.69, 9.17) is 4.74 Å². The fraction of sp³-hybridized carbons (Fsp3) is 0.462. The van der Waals surface area contributed by atoms with Crippen molar-refractivity contribution in [2.75, 3.05) is 18.5 Å². The summed E-state index contributed by atoms with van der Waals surface area (Å²) in [6.45, 7) is 4.47. The minimum absolute atomic E-state index is 0.329. The third-order valence-corrected chi connectivity index (χ3v) is 2.91. The maximum Gasteiger partial charge on any atom is 0.341 e. The number of carbonyl (C=O) groups is 1. The van der Waals surface area contributed by atoms with Gasteiger partial charge in [-0.1, -0.05) is 0 Å². The highest BCUT2D eigenvalue weighted by Crippen LogP contribution is 2.08. The summed E-state index contributed by atoms with van der Waals surface area (Å²) in [7, 11) is 1.89. The average molecular weight is 290 g/mol. The summed E-state index contributed by atoms with van der Waals surface area (Å²) in [4.78, 5) is 20.0. The first-order valence-electron chi connectivity index (χ1n) is 6.69. The molecule has 2 aromatic heterocycles. The van der Waals surface area contributed by atoms with Crippen LogP contribution in [-0.4, -0.2) is 43.9 Å². The number of aromatic nitrogens is 5. The van der Waals surface area contributed by atoms with Crippen molar-refractivity contribution in [3.05, 3.63) is 29.6 Å². The zero-order valence-corrected chi connectivity index (χ0v) is 12.3. The Morgan fingerprint density at radius 1 is 1.48 bits per heavy atom. The molecule has 2 aromatic rings. The number of hydrogen-bond acceptors (Lipinski definition) is 7. The second-order valence-electron chi connectivity index (χ2n) is 4.45. The van der Waals surface area contributed by atoms with E-state index in [0.717, 1.165) is 5.82 Å². The van der Waals surface area contributed by atoms with Crippen molar-refractivity contribution >= 4 is 11.9 Å². The molecule has 21 heavy (non-hydrogen) atoms. The van der Waals surface area contributed by atoms with Crippen molar-refractivity contribution in [3.63, 3.8) is 0 Å². The Bertz CT molecular complexity index is 625. The lowest BCUT2D eigenvalue weighted by molar-refractivity contribution is 0.0524. The van der Waals surface area contributed by atoms with E-state index in [1.54, 1.807) is 20.2 Å². The zero-order valence-electron chi connectivity index (χ0n) is 12.3. The molecule has 0 aromatic carbocycles. The molecule has 0 fully saturated rings. The number of esters is 1. The van der Waals surface area contributed by atoms with Gasteiger partial charge >= 0.3 is 5.97 Å². The van der Waals surface area contributed by atoms with Crippen LogP contribution in [-0.2, 0) is 18.2 Å². The van der Waals surface area contributed by atoms with Gasteiger partial charge in [-0.05, 0) is 13.8 Å². The molecule has 1 N–H and O–H groups in total. The van der Waals surface area contributed by atoms with Gasteiger partial charge in [0.15, 0.2) is 0 Å². The van der Waals surface area contributed by atoms with Crippen LogP contribution in [0.1, 0.15) is 28.8 Å². The molecule has 0 radical (unpaired) electrons. The van der Waals surface area contributed by atoms with Crippen LogP contribution in [0, 0.1) is 6.92 Å². The Hall–Kier alpha value is -2.51. The lowest BCUT2D eigenvalue weighted by Gasteiger charge is -2.08. The highest BCUT2D eigenvalue weighted by Gasteiger charge is 2.12. The molecule has 0 unspecified atom stereocenters. The minimum Gasteiger partial charge on any atom is -0.462 e. The van der Waals surface area contributed by atoms with Gasteiger partial charge in [-0.3, -0.25) is 0 Å². The third-order valence-electron chi connectivity index (χ3n) is 2.91. The molecule has 8 nitrogen and oxygen atoms in total. The van der Waals surface area contributed by atoms with E-state index < -0.39 is 5.97 Å². The van der Waals surface area contributed by atoms with E-state index in [2.05, 4.69) is 25.5 Å². The normalized spacial score (nSPS) is 10.4. The van der Waals surface area contributed by atoms with E-state index in [0.29, 0.717) is 36.8 Å². The number of hydrogen-bond donors (Lipinski definition) is 1. The zero-order chi connectivity index (χ0) is 15.2. The molecule has 0 aliphatic heterocycles. The molecule has 0 saturated heterocycles. The predicted molar refractivity (Wildman–Crippen MR) is 75.9 cm³/mol. The second-order valence-corrected chi connectivity index (χ2v) is 4.45. The van der Waals surface area contributed by atoms with Crippen molar-refractivity contribution in [1.29, 1.82) is 0 Å². The topological polar surface area (TPSA) is 94.8 Å². The van der Waals surface area contributed by atoms with Gasteiger partial charge in [0.2, 0.25) is 5.95 Å². The van der Waals surface area contributed by atoms with E-state index in [1.807, 2.05) is 11.6 Å². The van der Waals surface area contributed by atoms with Crippen LogP contribution in [0.15, 0.2) is 12.5 Å². The molecular formula is C13H18N6O2. The molecule has 2 heterocycles. The minimum atomic E-state index is -0.402. The summed E-state index contributed by atoms with van der Waals surface area (Å²) in [5.41, 5.74) is 0.973. The fourth-order valence-corrected chi connectivity index (χ4v) is 1.78. The van der Waals surface area contributed by atoms with Crippen molar-refractivity contribution in [3.8, 4) is 0 Å². The van der Waals surface area contributed by atoms with Gasteiger partial charge < -0.3 is 14.6 Å². The number of rotatable bonds is 6. The number of ether oxygens (including phenoxy) is 1. The van der Waals surface area contributed by atoms with Crippen molar-refractivity contribution in [2.24, 2.45) is 7.05 Å². The maximum absolute atomic E-state index is 11.6. The van der Waals surface area contributed by atoms with Crippen LogP contribution >= 0.6 is 0 Å². The van der Waals surface area contributed by atoms with Crippen molar-refractivity contribution < 1.29 is 9.53 Å². The summed E-state index contributed by atoms with van der Waals surface area (Å²) in [5.74, 6) is 0.950. The molecule has 0 amide bonds. The van der Waals surface area contributed by atoms with Gasteiger partial charge in [-0.15, -0.1) is 10.2 Å². The standard InChI is InChI=1S/C13H18N6O2/c1-4-21-12(20)10-7-15-13(17-9(10)2)14-6-5-11-18-16-8-19(11)3/h7-8H,4-6H2,1-3H3,(H,14,15,17). The molecule has 0 aliphatic rings. The van der Waals surface area contributed by atoms with Crippen molar-refractivity contribution in [2.45, 2.75) is 20.3 Å². The third kappa shape index (κ3) is 3.74. The first-order chi connectivity index (χ1) is 10.1. The molecular weight excluding hydrogens is 272 g/mol. The number of anilines is 1. The predicted octanol–water partition coefficient (Wildman–Crippen LogP) is 0.745. The van der Waals surface area contributed by atoms with Crippen LogP contribution in [0.2, 0.25) is 0 Å². The Kier molecular flexibility index (Phi) is 4.81. The quantitative estimate of drug-likeness (QED) is 0.784. The summed E-state index contributed by atoms with van der Waals surface area (Å²) < 4.78 is 6.79. The van der Waals surface area contributed by atoms with E-state index in [-0.39, 0.29) is 0 Å². The molecule has 112 valence electrons. The Morgan fingerprint density at radius 2 is 2.29 bits per heavy atom. The van der Waals surface area contributed by atoms with E-state index in [9.17, 15) is 4.79 Å².